The van der Waals surface area contributed by atoms with Crippen molar-refractivity contribution in [3.8, 4) is 0 Å². The molecule has 0 aromatic carbocycles. The number of aliphatic hydroxyl groups is 1. The molecule has 5 heteroatoms. The van der Waals surface area contributed by atoms with Gasteiger partial charge in [-0.2, -0.15) is 0 Å². The summed E-state index contributed by atoms with van der Waals surface area (Å²) in [6.07, 6.45) is 1.42. The lowest BCUT2D eigenvalue weighted by Crippen LogP contribution is -2.47. The predicted octanol–water partition coefficient (Wildman–Crippen LogP) is 0.747. The van der Waals surface area contributed by atoms with Crippen LogP contribution in [0, 0.1) is 17.3 Å². The van der Waals surface area contributed by atoms with Crippen molar-refractivity contribution in [1.82, 2.24) is 0 Å². The molecule has 0 bridgehead atoms. The molecule has 1 aliphatic carbocycles. The van der Waals surface area contributed by atoms with Gasteiger partial charge < -0.3 is 14.6 Å². The molecule has 0 heterocycles. The Balaban J connectivity index is 3.00. The maximum atomic E-state index is 11.9. The van der Waals surface area contributed by atoms with E-state index in [1.165, 1.54) is 14.2 Å². The molecule has 0 unspecified atom stereocenters. The van der Waals surface area contributed by atoms with Gasteiger partial charge in [-0.15, -0.1) is 0 Å². The number of carbonyl (C=O) groups is 2. The summed E-state index contributed by atoms with van der Waals surface area (Å²) in [6.45, 7) is 1.98. The zero-order chi connectivity index (χ0) is 13.1. The standard InChI is InChI=1S/C12H20O5/c1-8-4-5-12(10(14)16-2,11(15)17-3)6-9(8)7-13/h8-9,13H,4-7H2,1-3H3/t8-,9+/m0/s1. The van der Waals surface area contributed by atoms with Gasteiger partial charge in [-0.05, 0) is 31.1 Å². The molecule has 0 saturated heterocycles. The first kappa shape index (κ1) is 14.0. The number of methoxy groups -OCH3 is 2. The summed E-state index contributed by atoms with van der Waals surface area (Å²) in [5.74, 6) is -0.895. The van der Waals surface area contributed by atoms with Crippen LogP contribution in [0.5, 0.6) is 0 Å². The van der Waals surface area contributed by atoms with Crippen molar-refractivity contribution in [2.75, 3.05) is 20.8 Å². The third kappa shape index (κ3) is 2.44. The molecule has 1 saturated carbocycles. The Labute approximate surface area is 101 Å². The predicted molar refractivity (Wildman–Crippen MR) is 60.1 cm³/mol. The van der Waals surface area contributed by atoms with Gasteiger partial charge in [0.1, 0.15) is 0 Å². The molecule has 0 spiro atoms. The normalized spacial score (nSPS) is 27.3. The Morgan fingerprint density at radius 2 is 1.82 bits per heavy atom. The second-order valence-corrected chi connectivity index (χ2v) is 4.73. The van der Waals surface area contributed by atoms with Crippen molar-refractivity contribution >= 4 is 11.9 Å². The lowest BCUT2D eigenvalue weighted by molar-refractivity contribution is -0.174. The molecule has 2 atom stereocenters. The number of ether oxygens (including phenoxy) is 2. The molecule has 0 aliphatic heterocycles. The zero-order valence-electron chi connectivity index (χ0n) is 10.6. The van der Waals surface area contributed by atoms with Crippen molar-refractivity contribution in [2.24, 2.45) is 17.3 Å². The van der Waals surface area contributed by atoms with Crippen molar-refractivity contribution in [2.45, 2.75) is 26.2 Å². The second-order valence-electron chi connectivity index (χ2n) is 4.73. The van der Waals surface area contributed by atoms with Crippen LogP contribution in [0.3, 0.4) is 0 Å². The first-order valence-corrected chi connectivity index (χ1v) is 5.79. The van der Waals surface area contributed by atoms with Crippen LogP contribution in [0.25, 0.3) is 0 Å². The summed E-state index contributed by atoms with van der Waals surface area (Å²) >= 11 is 0. The number of esters is 2. The van der Waals surface area contributed by atoms with Crippen LogP contribution in [-0.4, -0.2) is 37.9 Å². The third-order valence-corrected chi connectivity index (χ3v) is 3.83. The van der Waals surface area contributed by atoms with E-state index in [1.54, 1.807) is 0 Å². The minimum atomic E-state index is -1.23. The van der Waals surface area contributed by atoms with Crippen molar-refractivity contribution in [3.63, 3.8) is 0 Å². The van der Waals surface area contributed by atoms with E-state index < -0.39 is 17.4 Å². The molecule has 98 valence electrons. The highest BCUT2D eigenvalue weighted by molar-refractivity contribution is 6.00. The molecule has 1 N–H and O–H groups in total. The van der Waals surface area contributed by atoms with E-state index in [-0.39, 0.29) is 12.5 Å². The van der Waals surface area contributed by atoms with E-state index in [2.05, 4.69) is 0 Å². The minimum Gasteiger partial charge on any atom is -0.468 e. The Hall–Kier alpha value is -1.10. The highest BCUT2D eigenvalue weighted by Gasteiger charge is 2.52. The maximum absolute atomic E-state index is 11.9. The molecule has 0 radical (unpaired) electrons. The Kier molecular flexibility index (Phi) is 4.51. The van der Waals surface area contributed by atoms with Gasteiger partial charge in [-0.1, -0.05) is 6.92 Å². The third-order valence-electron chi connectivity index (χ3n) is 3.83. The van der Waals surface area contributed by atoms with Crippen LogP contribution in [0.1, 0.15) is 26.2 Å². The van der Waals surface area contributed by atoms with E-state index in [1.807, 2.05) is 6.92 Å². The average Bonchev–Trinajstić information content (AvgIpc) is 2.37. The van der Waals surface area contributed by atoms with Crippen LogP contribution in [0.4, 0.5) is 0 Å². The largest absolute Gasteiger partial charge is 0.468 e. The van der Waals surface area contributed by atoms with Gasteiger partial charge in [0.05, 0.1) is 14.2 Å². The fraction of sp³-hybridized carbons (Fsp3) is 0.833. The van der Waals surface area contributed by atoms with Gasteiger partial charge in [-0.3, -0.25) is 9.59 Å². The zero-order valence-corrected chi connectivity index (χ0v) is 10.6. The Morgan fingerprint density at radius 1 is 1.29 bits per heavy atom. The van der Waals surface area contributed by atoms with Crippen molar-refractivity contribution < 1.29 is 24.2 Å². The number of rotatable bonds is 3. The van der Waals surface area contributed by atoms with E-state index >= 15 is 0 Å². The Bertz CT molecular complexity index is 283. The molecule has 1 fully saturated rings. The smallest absolute Gasteiger partial charge is 0.323 e. The average molecular weight is 244 g/mol. The minimum absolute atomic E-state index is 0.0308. The maximum Gasteiger partial charge on any atom is 0.323 e. The SMILES string of the molecule is COC(=O)C1(C(=O)OC)CC[C@H](C)[C@@H](CO)C1. The molecule has 17 heavy (non-hydrogen) atoms. The summed E-state index contributed by atoms with van der Waals surface area (Å²) in [7, 11) is 2.53. The molecule has 5 nitrogen and oxygen atoms in total. The fourth-order valence-electron chi connectivity index (χ4n) is 2.55. The van der Waals surface area contributed by atoms with E-state index in [0.717, 1.165) is 0 Å². The number of hydrogen-bond donors (Lipinski definition) is 1. The van der Waals surface area contributed by atoms with Crippen LogP contribution in [-0.2, 0) is 19.1 Å². The molecule has 0 aromatic heterocycles. The molecule has 0 aromatic rings. The second kappa shape index (κ2) is 5.49. The van der Waals surface area contributed by atoms with E-state index in [0.29, 0.717) is 25.2 Å². The van der Waals surface area contributed by atoms with E-state index in [4.69, 9.17) is 9.47 Å². The monoisotopic (exact) mass is 244 g/mol. The highest BCUT2D eigenvalue weighted by Crippen LogP contribution is 2.43. The van der Waals surface area contributed by atoms with Crippen molar-refractivity contribution in [3.05, 3.63) is 0 Å². The number of carbonyl (C=O) groups excluding carboxylic acids is 2. The van der Waals surface area contributed by atoms with Gasteiger partial charge in [0.2, 0.25) is 0 Å². The fourth-order valence-corrected chi connectivity index (χ4v) is 2.55. The van der Waals surface area contributed by atoms with Crippen LogP contribution in [0.15, 0.2) is 0 Å². The Morgan fingerprint density at radius 3 is 2.24 bits per heavy atom. The summed E-state index contributed by atoms with van der Waals surface area (Å²) < 4.78 is 9.45. The summed E-state index contributed by atoms with van der Waals surface area (Å²) in [5.41, 5.74) is -1.23. The van der Waals surface area contributed by atoms with Gasteiger partial charge >= 0.3 is 11.9 Å². The molecule has 1 rings (SSSR count). The first-order chi connectivity index (χ1) is 8.01. The van der Waals surface area contributed by atoms with E-state index in [9.17, 15) is 14.7 Å². The summed E-state index contributed by atoms with van der Waals surface area (Å²) in [6, 6.07) is 0. The number of aliphatic hydroxyl groups excluding tert-OH is 1. The molecular formula is C12H20O5. The molecule has 1 aliphatic rings. The van der Waals surface area contributed by atoms with Gasteiger partial charge in [0, 0.05) is 6.61 Å². The highest BCUT2D eigenvalue weighted by atomic mass is 16.5. The van der Waals surface area contributed by atoms with Gasteiger partial charge in [-0.25, -0.2) is 0 Å². The number of hydrogen-bond acceptors (Lipinski definition) is 5. The van der Waals surface area contributed by atoms with Crippen LogP contribution < -0.4 is 0 Å². The van der Waals surface area contributed by atoms with Crippen LogP contribution >= 0.6 is 0 Å². The topological polar surface area (TPSA) is 72.8 Å². The summed E-state index contributed by atoms with van der Waals surface area (Å²) in [4.78, 5) is 23.7. The molecular weight excluding hydrogens is 224 g/mol. The lowest BCUT2D eigenvalue weighted by atomic mass is 9.65. The van der Waals surface area contributed by atoms with Crippen LogP contribution in [0.2, 0.25) is 0 Å². The quantitative estimate of drug-likeness (QED) is 0.585. The first-order valence-electron chi connectivity index (χ1n) is 5.79. The lowest BCUT2D eigenvalue weighted by Gasteiger charge is -2.38. The summed E-state index contributed by atoms with van der Waals surface area (Å²) in [5, 5.41) is 9.30. The van der Waals surface area contributed by atoms with Crippen molar-refractivity contribution in [1.29, 1.82) is 0 Å². The van der Waals surface area contributed by atoms with Gasteiger partial charge in [0.15, 0.2) is 5.41 Å². The van der Waals surface area contributed by atoms with Gasteiger partial charge in [0.25, 0.3) is 0 Å². The molecule has 0 amide bonds.